The molecule has 0 saturated heterocycles. The van der Waals surface area contributed by atoms with E-state index in [2.05, 4.69) is 13.0 Å². The molecule has 0 bridgehead atoms. The molecule has 4 rings (SSSR count). The van der Waals surface area contributed by atoms with Crippen LogP contribution in [0.3, 0.4) is 0 Å². The van der Waals surface area contributed by atoms with E-state index in [0.717, 1.165) is 34.3 Å². The Labute approximate surface area is 228 Å². The number of anilines is 1. The number of para-hydroxylation sites is 3. The van der Waals surface area contributed by atoms with Crippen LogP contribution in [0, 0.1) is 6.92 Å². The highest BCUT2D eigenvalue weighted by molar-refractivity contribution is 6.37. The van der Waals surface area contributed by atoms with Crippen LogP contribution in [-0.4, -0.2) is 35.2 Å². The first-order chi connectivity index (χ1) is 17.8. The second-order valence-corrected chi connectivity index (χ2v) is 9.83. The number of methoxy groups -OCH3 is 1. The van der Waals surface area contributed by atoms with Crippen molar-refractivity contribution in [2.45, 2.75) is 39.8 Å². The van der Waals surface area contributed by atoms with Gasteiger partial charge in [-0.25, -0.2) is 4.98 Å². The molecule has 0 aliphatic carbocycles. The molecule has 1 heterocycles. The molecule has 5 nitrogen and oxygen atoms in total. The zero-order valence-corrected chi connectivity index (χ0v) is 23.1. The van der Waals surface area contributed by atoms with Gasteiger partial charge in [0.15, 0.2) is 0 Å². The summed E-state index contributed by atoms with van der Waals surface area (Å²) < 4.78 is 7.40. The summed E-state index contributed by atoms with van der Waals surface area (Å²) in [6.45, 7) is 6.70. The van der Waals surface area contributed by atoms with Crippen LogP contribution in [0.5, 0.6) is 0 Å². The van der Waals surface area contributed by atoms with Crippen molar-refractivity contribution in [1.82, 2.24) is 9.55 Å². The summed E-state index contributed by atoms with van der Waals surface area (Å²) in [6.07, 6.45) is 4.52. The fraction of sp³-hybridized carbons (Fsp3) is 0.267. The topological polar surface area (TPSA) is 47.4 Å². The Bertz CT molecular complexity index is 1420. The van der Waals surface area contributed by atoms with E-state index < -0.39 is 0 Å². The summed E-state index contributed by atoms with van der Waals surface area (Å²) in [6, 6.07) is 19.2. The Morgan fingerprint density at radius 3 is 2.46 bits per heavy atom. The fourth-order valence-corrected chi connectivity index (χ4v) is 5.21. The number of benzene rings is 3. The summed E-state index contributed by atoms with van der Waals surface area (Å²) in [5.41, 5.74) is 5.52. The van der Waals surface area contributed by atoms with Crippen LogP contribution in [0.1, 0.15) is 36.4 Å². The maximum absolute atomic E-state index is 14.1. The summed E-state index contributed by atoms with van der Waals surface area (Å²) in [5.74, 6) is 0.604. The lowest BCUT2D eigenvalue weighted by molar-refractivity contribution is -0.119. The van der Waals surface area contributed by atoms with Crippen molar-refractivity contribution in [3.8, 4) is 0 Å². The third-order valence-electron chi connectivity index (χ3n) is 6.44. The SMILES string of the molecule is CCc1cccc(C)c1N(C(=O)Cn1c(/C=C/c2c(Cl)cccc2Cl)nc2ccccc21)C(C)COC. The summed E-state index contributed by atoms with van der Waals surface area (Å²) in [4.78, 5) is 20.8. The molecule has 4 aromatic rings. The van der Waals surface area contributed by atoms with Crippen molar-refractivity contribution in [2.75, 3.05) is 18.6 Å². The average Bonchev–Trinajstić information content (AvgIpc) is 3.22. The number of imidazole rings is 1. The van der Waals surface area contributed by atoms with Gasteiger partial charge in [-0.05, 0) is 67.8 Å². The number of hydrogen-bond donors (Lipinski definition) is 0. The van der Waals surface area contributed by atoms with Gasteiger partial charge in [0.1, 0.15) is 12.4 Å². The molecular formula is C30H31Cl2N3O2. The first-order valence-corrected chi connectivity index (χ1v) is 13.1. The van der Waals surface area contributed by atoms with E-state index in [1.54, 1.807) is 19.2 Å². The number of halogens is 2. The number of aryl methyl sites for hydroxylation is 2. The molecule has 7 heteroatoms. The summed E-state index contributed by atoms with van der Waals surface area (Å²) in [5, 5.41) is 1.10. The van der Waals surface area contributed by atoms with E-state index >= 15 is 0 Å². The largest absolute Gasteiger partial charge is 0.383 e. The zero-order valence-electron chi connectivity index (χ0n) is 21.5. The van der Waals surface area contributed by atoms with E-state index in [-0.39, 0.29) is 18.5 Å². The number of carbonyl (C=O) groups excluding carboxylic acids is 1. The molecule has 1 unspecified atom stereocenters. The number of rotatable bonds is 9. The maximum Gasteiger partial charge on any atom is 0.247 e. The monoisotopic (exact) mass is 535 g/mol. The minimum Gasteiger partial charge on any atom is -0.383 e. The Balaban J connectivity index is 1.78. The minimum atomic E-state index is -0.153. The number of hydrogen-bond acceptors (Lipinski definition) is 3. The molecule has 37 heavy (non-hydrogen) atoms. The predicted molar refractivity (Wildman–Crippen MR) is 155 cm³/mol. The minimum absolute atomic E-state index is 0.0397. The molecule has 0 saturated carbocycles. The van der Waals surface area contributed by atoms with Gasteiger partial charge in [0, 0.05) is 22.7 Å². The van der Waals surface area contributed by atoms with Crippen molar-refractivity contribution in [3.63, 3.8) is 0 Å². The van der Waals surface area contributed by atoms with Gasteiger partial charge >= 0.3 is 0 Å². The highest BCUT2D eigenvalue weighted by atomic mass is 35.5. The molecule has 0 aliphatic heterocycles. The quantitative estimate of drug-likeness (QED) is 0.223. The van der Waals surface area contributed by atoms with Crippen LogP contribution in [0.15, 0.2) is 60.7 Å². The third-order valence-corrected chi connectivity index (χ3v) is 7.10. The van der Waals surface area contributed by atoms with Crippen LogP contribution < -0.4 is 4.90 Å². The lowest BCUT2D eigenvalue weighted by Gasteiger charge is -2.32. The number of amides is 1. The van der Waals surface area contributed by atoms with Crippen molar-refractivity contribution < 1.29 is 9.53 Å². The highest BCUT2D eigenvalue weighted by Crippen LogP contribution is 2.30. The van der Waals surface area contributed by atoms with E-state index in [1.807, 2.05) is 77.9 Å². The van der Waals surface area contributed by atoms with Gasteiger partial charge < -0.3 is 14.2 Å². The second-order valence-electron chi connectivity index (χ2n) is 9.02. The average molecular weight is 537 g/mol. The van der Waals surface area contributed by atoms with E-state index in [9.17, 15) is 4.79 Å². The third kappa shape index (κ3) is 5.74. The molecule has 0 spiro atoms. The Hall–Kier alpha value is -3.12. The van der Waals surface area contributed by atoms with Crippen LogP contribution >= 0.6 is 23.2 Å². The summed E-state index contributed by atoms with van der Waals surface area (Å²) >= 11 is 12.8. The van der Waals surface area contributed by atoms with Crippen LogP contribution in [0.4, 0.5) is 5.69 Å². The molecule has 0 aliphatic rings. The van der Waals surface area contributed by atoms with Crippen molar-refractivity contribution in [1.29, 1.82) is 0 Å². The standard InChI is InChI=1S/C30H31Cl2N3O2/c1-5-22-11-8-10-20(2)30(22)35(21(3)19-37-4)29(36)18-34-27-15-7-6-14-26(27)33-28(34)17-16-23-24(31)12-9-13-25(23)32/h6-17,21H,5,18-19H2,1-4H3/b17-16+. The number of fused-ring (bicyclic) bond motifs is 1. The summed E-state index contributed by atoms with van der Waals surface area (Å²) in [7, 11) is 1.66. The normalized spacial score (nSPS) is 12.4. The first-order valence-electron chi connectivity index (χ1n) is 12.3. The molecule has 1 atom stereocenters. The number of nitrogens with zero attached hydrogens (tertiary/aromatic N) is 3. The number of carbonyl (C=O) groups is 1. The highest BCUT2D eigenvalue weighted by Gasteiger charge is 2.26. The van der Waals surface area contributed by atoms with Crippen LogP contribution in [0.2, 0.25) is 10.0 Å². The van der Waals surface area contributed by atoms with Gasteiger partial charge in [0.25, 0.3) is 0 Å². The van der Waals surface area contributed by atoms with Gasteiger partial charge in [0.05, 0.1) is 29.4 Å². The van der Waals surface area contributed by atoms with Gasteiger partial charge in [-0.2, -0.15) is 0 Å². The fourth-order valence-electron chi connectivity index (χ4n) is 4.68. The molecule has 0 fully saturated rings. The van der Waals surface area contributed by atoms with Crippen LogP contribution in [0.25, 0.3) is 23.2 Å². The Kier molecular flexibility index (Phi) is 8.70. The van der Waals surface area contributed by atoms with Gasteiger partial charge in [0.2, 0.25) is 5.91 Å². The lowest BCUT2D eigenvalue weighted by atomic mass is 10.0. The second kappa shape index (κ2) is 12.0. The lowest BCUT2D eigenvalue weighted by Crippen LogP contribution is -2.44. The van der Waals surface area contributed by atoms with Crippen molar-refractivity contribution in [3.05, 3.63) is 93.2 Å². The Morgan fingerprint density at radius 2 is 1.76 bits per heavy atom. The van der Waals surface area contributed by atoms with Crippen LogP contribution in [-0.2, 0) is 22.5 Å². The molecule has 1 amide bonds. The number of aromatic nitrogens is 2. The Morgan fingerprint density at radius 1 is 1.05 bits per heavy atom. The first kappa shape index (κ1) is 26.9. The van der Waals surface area contributed by atoms with Gasteiger partial charge in [-0.3, -0.25) is 4.79 Å². The molecule has 0 N–H and O–H groups in total. The van der Waals surface area contributed by atoms with Crippen molar-refractivity contribution >= 4 is 58.0 Å². The molecule has 1 aromatic heterocycles. The zero-order chi connectivity index (χ0) is 26.5. The molecule has 192 valence electrons. The van der Waals surface area contributed by atoms with Crippen molar-refractivity contribution in [2.24, 2.45) is 0 Å². The van der Waals surface area contributed by atoms with E-state index in [4.69, 9.17) is 32.9 Å². The maximum atomic E-state index is 14.1. The molecular weight excluding hydrogens is 505 g/mol. The van der Waals surface area contributed by atoms with E-state index in [1.165, 1.54) is 0 Å². The van der Waals surface area contributed by atoms with Gasteiger partial charge in [-0.15, -0.1) is 0 Å². The van der Waals surface area contributed by atoms with Gasteiger partial charge in [-0.1, -0.05) is 66.5 Å². The van der Waals surface area contributed by atoms with E-state index in [0.29, 0.717) is 28.0 Å². The smallest absolute Gasteiger partial charge is 0.247 e. The number of ether oxygens (including phenoxy) is 1. The predicted octanol–water partition coefficient (Wildman–Crippen LogP) is 7.45. The molecule has 0 radical (unpaired) electrons. The molecule has 3 aromatic carbocycles.